The fraction of sp³-hybridized carbons (Fsp3) is 0.200. The molecule has 0 aliphatic heterocycles. The van der Waals surface area contributed by atoms with E-state index in [1.54, 1.807) is 12.1 Å². The minimum Gasteiger partial charge on any atom is -0.347 e. The number of aromatic nitrogens is 2. The number of benzene rings is 2. The maximum Gasteiger partial charge on any atom is 0.272 e. The molecule has 2 aromatic carbocycles. The van der Waals surface area contributed by atoms with Gasteiger partial charge in [0, 0.05) is 12.1 Å². The first-order valence-corrected chi connectivity index (χ1v) is 8.22. The number of hydrogen-bond acceptors (Lipinski definition) is 2. The molecule has 5 heteroatoms. The van der Waals surface area contributed by atoms with E-state index in [0.29, 0.717) is 18.1 Å². The first-order chi connectivity index (χ1) is 12.0. The van der Waals surface area contributed by atoms with Gasteiger partial charge in [-0.05, 0) is 35.7 Å². The third-order valence-corrected chi connectivity index (χ3v) is 3.94. The fourth-order valence-electron chi connectivity index (χ4n) is 2.58. The van der Waals surface area contributed by atoms with Crippen molar-refractivity contribution in [2.45, 2.75) is 26.3 Å². The zero-order valence-corrected chi connectivity index (χ0v) is 14.2. The van der Waals surface area contributed by atoms with Crippen molar-refractivity contribution in [1.82, 2.24) is 15.3 Å². The molecule has 128 valence electrons. The first kappa shape index (κ1) is 16.9. The number of nitrogens with zero attached hydrogens (tertiary/aromatic N) is 1. The summed E-state index contributed by atoms with van der Waals surface area (Å²) >= 11 is 0. The zero-order valence-electron chi connectivity index (χ0n) is 14.2. The first-order valence-electron chi connectivity index (χ1n) is 8.22. The number of carbonyl (C=O) groups is 1. The molecule has 3 rings (SSSR count). The van der Waals surface area contributed by atoms with Crippen molar-refractivity contribution in [1.29, 1.82) is 0 Å². The second-order valence-corrected chi connectivity index (χ2v) is 6.18. The molecule has 4 nitrogen and oxygen atoms in total. The molecule has 0 saturated carbocycles. The Bertz CT molecular complexity index is 854. The van der Waals surface area contributed by atoms with E-state index in [4.69, 9.17) is 0 Å². The van der Waals surface area contributed by atoms with Crippen LogP contribution in [0.4, 0.5) is 4.39 Å². The number of rotatable bonds is 5. The summed E-state index contributed by atoms with van der Waals surface area (Å²) in [6.07, 6.45) is 0. The van der Waals surface area contributed by atoms with Gasteiger partial charge in [0.1, 0.15) is 17.3 Å². The van der Waals surface area contributed by atoms with Crippen LogP contribution in [0.1, 0.15) is 41.5 Å². The third kappa shape index (κ3) is 3.94. The molecular formula is C20H20FN3O. The summed E-state index contributed by atoms with van der Waals surface area (Å²) in [5.41, 5.74) is 2.91. The van der Waals surface area contributed by atoms with Crippen molar-refractivity contribution in [2.75, 3.05) is 0 Å². The maximum atomic E-state index is 13.1. The molecule has 0 fully saturated rings. The molecule has 0 bridgehead atoms. The van der Waals surface area contributed by atoms with Gasteiger partial charge in [0.2, 0.25) is 0 Å². The summed E-state index contributed by atoms with van der Waals surface area (Å²) in [6, 6.07) is 15.8. The van der Waals surface area contributed by atoms with Crippen molar-refractivity contribution in [2.24, 2.45) is 0 Å². The van der Waals surface area contributed by atoms with Gasteiger partial charge in [0.25, 0.3) is 5.91 Å². The molecule has 0 aliphatic carbocycles. The summed E-state index contributed by atoms with van der Waals surface area (Å²) < 4.78 is 13.1. The van der Waals surface area contributed by atoms with Crippen LogP contribution in [0.5, 0.6) is 0 Å². The average molecular weight is 337 g/mol. The van der Waals surface area contributed by atoms with Crippen molar-refractivity contribution < 1.29 is 9.18 Å². The Morgan fingerprint density at radius 2 is 1.80 bits per heavy atom. The lowest BCUT2D eigenvalue weighted by atomic mass is 10.1. The number of hydrogen-bond donors (Lipinski definition) is 2. The Kier molecular flexibility index (Phi) is 4.93. The van der Waals surface area contributed by atoms with Crippen LogP contribution >= 0.6 is 0 Å². The molecule has 1 aromatic heterocycles. The second-order valence-electron chi connectivity index (χ2n) is 6.18. The Morgan fingerprint density at radius 1 is 1.12 bits per heavy atom. The quantitative estimate of drug-likeness (QED) is 0.730. The highest BCUT2D eigenvalue weighted by Gasteiger charge is 2.20. The van der Waals surface area contributed by atoms with E-state index >= 15 is 0 Å². The molecule has 1 amide bonds. The van der Waals surface area contributed by atoms with E-state index in [1.165, 1.54) is 12.1 Å². The highest BCUT2D eigenvalue weighted by Crippen LogP contribution is 2.23. The van der Waals surface area contributed by atoms with Gasteiger partial charge in [-0.2, -0.15) is 0 Å². The number of H-pyrrole nitrogens is 1. The summed E-state index contributed by atoms with van der Waals surface area (Å²) in [7, 11) is 0. The molecule has 0 spiro atoms. The highest BCUT2D eigenvalue weighted by molar-refractivity contribution is 5.94. The minimum atomic E-state index is -0.305. The molecule has 0 aliphatic rings. The van der Waals surface area contributed by atoms with Gasteiger partial charge in [-0.1, -0.05) is 44.2 Å². The van der Waals surface area contributed by atoms with E-state index in [-0.39, 0.29) is 17.6 Å². The van der Waals surface area contributed by atoms with Crippen molar-refractivity contribution in [3.05, 3.63) is 77.4 Å². The summed E-state index contributed by atoms with van der Waals surface area (Å²) in [6.45, 7) is 4.43. The van der Waals surface area contributed by atoms with Gasteiger partial charge < -0.3 is 10.3 Å². The molecule has 25 heavy (non-hydrogen) atoms. The topological polar surface area (TPSA) is 57.8 Å². The van der Waals surface area contributed by atoms with E-state index < -0.39 is 0 Å². The van der Waals surface area contributed by atoms with Crippen LogP contribution in [0, 0.1) is 5.82 Å². The monoisotopic (exact) mass is 337 g/mol. The molecule has 0 atom stereocenters. The van der Waals surface area contributed by atoms with Crippen LogP contribution in [0.3, 0.4) is 0 Å². The van der Waals surface area contributed by atoms with Crippen LogP contribution < -0.4 is 5.32 Å². The van der Waals surface area contributed by atoms with Crippen LogP contribution in [-0.2, 0) is 6.54 Å². The lowest BCUT2D eigenvalue weighted by Gasteiger charge is -2.07. The minimum absolute atomic E-state index is 0.110. The molecule has 2 N–H and O–H groups in total. The predicted molar refractivity (Wildman–Crippen MR) is 95.7 cm³/mol. The number of halogens is 1. The van der Waals surface area contributed by atoms with Gasteiger partial charge >= 0.3 is 0 Å². The largest absolute Gasteiger partial charge is 0.347 e. The Morgan fingerprint density at radius 3 is 2.44 bits per heavy atom. The SMILES string of the molecule is CC(C)c1[nH]c(-c2ccc(F)cc2)nc1C(=O)NCc1ccccc1. The van der Waals surface area contributed by atoms with E-state index in [0.717, 1.165) is 16.8 Å². The smallest absolute Gasteiger partial charge is 0.272 e. The molecule has 0 saturated heterocycles. The second kappa shape index (κ2) is 7.30. The number of imidazole rings is 1. The Balaban J connectivity index is 1.84. The average Bonchev–Trinajstić information content (AvgIpc) is 3.07. The third-order valence-electron chi connectivity index (χ3n) is 3.94. The highest BCUT2D eigenvalue weighted by atomic mass is 19.1. The lowest BCUT2D eigenvalue weighted by Crippen LogP contribution is -2.24. The van der Waals surface area contributed by atoms with Crippen molar-refractivity contribution in [3.8, 4) is 11.4 Å². The van der Waals surface area contributed by atoms with Crippen molar-refractivity contribution >= 4 is 5.91 Å². The van der Waals surface area contributed by atoms with E-state index in [1.807, 2.05) is 44.2 Å². The van der Waals surface area contributed by atoms with E-state index in [2.05, 4.69) is 15.3 Å². The normalized spacial score (nSPS) is 10.9. The number of aromatic amines is 1. The number of carbonyl (C=O) groups excluding carboxylic acids is 1. The molecule has 1 heterocycles. The lowest BCUT2D eigenvalue weighted by molar-refractivity contribution is 0.0945. The molecular weight excluding hydrogens is 317 g/mol. The van der Waals surface area contributed by atoms with Crippen LogP contribution in [-0.4, -0.2) is 15.9 Å². The number of nitrogens with one attached hydrogen (secondary N) is 2. The van der Waals surface area contributed by atoms with E-state index in [9.17, 15) is 9.18 Å². The predicted octanol–water partition coefficient (Wildman–Crippen LogP) is 4.27. The summed E-state index contributed by atoms with van der Waals surface area (Å²) in [4.78, 5) is 20.2. The van der Waals surface area contributed by atoms with Gasteiger partial charge in [-0.3, -0.25) is 4.79 Å². The van der Waals surface area contributed by atoms with Gasteiger partial charge in [0.15, 0.2) is 0 Å². The molecule has 3 aromatic rings. The molecule has 0 radical (unpaired) electrons. The van der Waals surface area contributed by atoms with Crippen LogP contribution in [0.2, 0.25) is 0 Å². The molecule has 0 unspecified atom stereocenters. The van der Waals surface area contributed by atoms with Crippen molar-refractivity contribution in [3.63, 3.8) is 0 Å². The standard InChI is InChI=1S/C20H20FN3O/c1-13(2)17-18(20(25)22-12-14-6-4-3-5-7-14)24-19(23-17)15-8-10-16(21)11-9-15/h3-11,13H,12H2,1-2H3,(H,22,25)(H,23,24). The maximum absolute atomic E-state index is 13.1. The van der Waals surface area contributed by atoms with Gasteiger partial charge in [-0.25, -0.2) is 9.37 Å². The Hall–Kier alpha value is -2.95. The summed E-state index contributed by atoms with van der Waals surface area (Å²) in [5, 5.41) is 2.90. The number of amides is 1. The summed E-state index contributed by atoms with van der Waals surface area (Å²) in [5.74, 6) is 0.144. The van der Waals surface area contributed by atoms with Crippen LogP contribution in [0.25, 0.3) is 11.4 Å². The van der Waals surface area contributed by atoms with Crippen LogP contribution in [0.15, 0.2) is 54.6 Å². The Labute approximate surface area is 146 Å². The zero-order chi connectivity index (χ0) is 17.8. The van der Waals surface area contributed by atoms with Gasteiger partial charge in [0.05, 0.1) is 5.69 Å². The van der Waals surface area contributed by atoms with Gasteiger partial charge in [-0.15, -0.1) is 0 Å². The fourth-order valence-corrected chi connectivity index (χ4v) is 2.58.